The van der Waals surface area contributed by atoms with Gasteiger partial charge in [-0.05, 0) is 25.0 Å². The highest BCUT2D eigenvalue weighted by Gasteiger charge is 2.23. The Labute approximate surface area is 154 Å². The first-order chi connectivity index (χ1) is 12.6. The van der Waals surface area contributed by atoms with E-state index in [4.69, 9.17) is 4.74 Å². The van der Waals surface area contributed by atoms with Gasteiger partial charge in [-0.3, -0.25) is 4.79 Å². The van der Waals surface area contributed by atoms with Crippen molar-refractivity contribution in [1.82, 2.24) is 15.3 Å². The molecule has 0 aliphatic carbocycles. The largest absolute Gasteiger partial charge is 0.484 e. The fourth-order valence-corrected chi connectivity index (χ4v) is 2.99. The molecule has 2 aromatic rings. The number of hydrogen-bond acceptors (Lipinski definition) is 6. The Morgan fingerprint density at radius 3 is 2.88 bits per heavy atom. The maximum absolute atomic E-state index is 12.2. The van der Waals surface area contributed by atoms with Crippen molar-refractivity contribution in [2.45, 2.75) is 18.9 Å². The molecule has 1 amide bonds. The third-order valence-corrected chi connectivity index (χ3v) is 4.32. The predicted molar refractivity (Wildman–Crippen MR) is 102 cm³/mol. The van der Waals surface area contributed by atoms with Gasteiger partial charge in [0.25, 0.3) is 5.91 Å². The van der Waals surface area contributed by atoms with Gasteiger partial charge < -0.3 is 19.9 Å². The second-order valence-corrected chi connectivity index (χ2v) is 6.58. The molecule has 138 valence electrons. The number of nitrogens with zero attached hydrogens (tertiary/aromatic N) is 4. The van der Waals surface area contributed by atoms with Crippen LogP contribution < -0.4 is 19.9 Å². The molecule has 1 aromatic heterocycles. The van der Waals surface area contributed by atoms with Gasteiger partial charge in [0.05, 0.1) is 0 Å². The minimum absolute atomic E-state index is 0.0266. The van der Waals surface area contributed by atoms with Gasteiger partial charge in [-0.25, -0.2) is 9.97 Å². The lowest BCUT2D eigenvalue weighted by molar-refractivity contribution is -0.123. The monoisotopic (exact) mass is 355 g/mol. The van der Waals surface area contributed by atoms with E-state index in [0.29, 0.717) is 5.75 Å². The zero-order valence-electron chi connectivity index (χ0n) is 15.3. The molecule has 1 aromatic carbocycles. The minimum atomic E-state index is -0.0997. The average molecular weight is 355 g/mol. The first-order valence-corrected chi connectivity index (χ1v) is 8.83. The van der Waals surface area contributed by atoms with Crippen molar-refractivity contribution in [3.8, 4) is 5.75 Å². The van der Waals surface area contributed by atoms with Crippen molar-refractivity contribution in [2.24, 2.45) is 0 Å². The minimum Gasteiger partial charge on any atom is -0.484 e. The topological polar surface area (TPSA) is 70.6 Å². The Balaban J connectivity index is 1.53. The van der Waals surface area contributed by atoms with Crippen LogP contribution in [0, 0.1) is 0 Å². The number of rotatable bonds is 6. The third-order valence-electron chi connectivity index (χ3n) is 4.32. The summed E-state index contributed by atoms with van der Waals surface area (Å²) in [6, 6.07) is 11.4. The average Bonchev–Trinajstić information content (AvgIpc) is 2.67. The molecule has 7 heteroatoms. The van der Waals surface area contributed by atoms with E-state index in [-0.39, 0.29) is 18.6 Å². The smallest absolute Gasteiger partial charge is 0.258 e. The van der Waals surface area contributed by atoms with E-state index in [1.54, 1.807) is 6.33 Å². The lowest BCUT2D eigenvalue weighted by atomic mass is 10.1. The molecule has 1 N–H and O–H groups in total. The molecule has 1 saturated heterocycles. The molecule has 3 rings (SSSR count). The van der Waals surface area contributed by atoms with Gasteiger partial charge in [-0.1, -0.05) is 18.2 Å². The molecule has 0 unspecified atom stereocenters. The van der Waals surface area contributed by atoms with Crippen LogP contribution >= 0.6 is 0 Å². The van der Waals surface area contributed by atoms with Gasteiger partial charge in [-0.15, -0.1) is 0 Å². The highest BCUT2D eigenvalue weighted by molar-refractivity contribution is 5.78. The summed E-state index contributed by atoms with van der Waals surface area (Å²) in [6.45, 7) is 1.69. The van der Waals surface area contributed by atoms with Crippen molar-refractivity contribution in [1.29, 1.82) is 0 Å². The Morgan fingerprint density at radius 2 is 2.12 bits per heavy atom. The third kappa shape index (κ3) is 4.84. The number of hydrogen-bond donors (Lipinski definition) is 1. The molecule has 2 heterocycles. The predicted octanol–water partition coefficient (Wildman–Crippen LogP) is 1.71. The Hall–Kier alpha value is -2.83. The number of ether oxygens (including phenoxy) is 1. The van der Waals surface area contributed by atoms with E-state index in [9.17, 15) is 4.79 Å². The molecule has 0 spiro atoms. The molecule has 7 nitrogen and oxygen atoms in total. The molecule has 1 aliphatic heterocycles. The van der Waals surface area contributed by atoms with Crippen LogP contribution in [-0.2, 0) is 4.79 Å². The number of nitrogens with one attached hydrogen (secondary N) is 1. The quantitative estimate of drug-likeness (QED) is 0.851. The second kappa shape index (κ2) is 8.51. The lowest BCUT2D eigenvalue weighted by Gasteiger charge is -2.34. The standard InChI is InChI=1S/C19H25N5O2/c1-23(2)17-11-18(21-14-20-17)24-10-6-7-15(12-24)22-19(25)13-26-16-8-4-3-5-9-16/h3-5,8-9,11,14-15H,6-7,10,12-13H2,1-2H3,(H,22,25)/t15-/m1/s1. The van der Waals surface area contributed by atoms with E-state index in [2.05, 4.69) is 20.2 Å². The van der Waals surface area contributed by atoms with Gasteiger partial charge in [0, 0.05) is 39.3 Å². The van der Waals surface area contributed by atoms with E-state index in [1.807, 2.05) is 55.4 Å². The number of carbonyl (C=O) groups excluding carboxylic acids is 1. The Kier molecular flexibility index (Phi) is 5.88. The maximum Gasteiger partial charge on any atom is 0.258 e. The van der Waals surface area contributed by atoms with Crippen molar-refractivity contribution < 1.29 is 9.53 Å². The zero-order valence-corrected chi connectivity index (χ0v) is 15.3. The Morgan fingerprint density at radius 1 is 1.31 bits per heavy atom. The summed E-state index contributed by atoms with van der Waals surface area (Å²) in [5.41, 5.74) is 0. The van der Waals surface area contributed by atoms with Crippen LogP contribution in [0.3, 0.4) is 0 Å². The molecule has 1 fully saturated rings. The zero-order chi connectivity index (χ0) is 18.4. The number of amides is 1. The fourth-order valence-electron chi connectivity index (χ4n) is 2.99. The molecule has 0 saturated carbocycles. The van der Waals surface area contributed by atoms with Crippen molar-refractivity contribution in [2.75, 3.05) is 43.6 Å². The number of carbonyl (C=O) groups is 1. The number of piperidine rings is 1. The van der Waals surface area contributed by atoms with Crippen LogP contribution in [-0.4, -0.2) is 55.7 Å². The molecule has 0 bridgehead atoms. The van der Waals surface area contributed by atoms with Gasteiger partial charge in [0.1, 0.15) is 23.7 Å². The van der Waals surface area contributed by atoms with Gasteiger partial charge >= 0.3 is 0 Å². The van der Waals surface area contributed by atoms with E-state index in [0.717, 1.165) is 37.6 Å². The van der Waals surface area contributed by atoms with Crippen molar-refractivity contribution >= 4 is 17.5 Å². The van der Waals surface area contributed by atoms with Gasteiger partial charge in [-0.2, -0.15) is 0 Å². The molecule has 1 atom stereocenters. The van der Waals surface area contributed by atoms with E-state index >= 15 is 0 Å². The van der Waals surface area contributed by atoms with Crippen LogP contribution in [0.15, 0.2) is 42.7 Å². The number of para-hydroxylation sites is 1. The van der Waals surface area contributed by atoms with Crippen LogP contribution in [0.2, 0.25) is 0 Å². The van der Waals surface area contributed by atoms with Crippen molar-refractivity contribution in [3.63, 3.8) is 0 Å². The fraction of sp³-hybridized carbons (Fsp3) is 0.421. The summed E-state index contributed by atoms with van der Waals surface area (Å²) in [5, 5.41) is 3.07. The number of benzene rings is 1. The first-order valence-electron chi connectivity index (χ1n) is 8.83. The normalized spacial score (nSPS) is 16.8. The SMILES string of the molecule is CN(C)c1cc(N2CCC[C@@H](NC(=O)COc3ccccc3)C2)ncn1. The Bertz CT molecular complexity index is 723. The summed E-state index contributed by atoms with van der Waals surface area (Å²) >= 11 is 0. The summed E-state index contributed by atoms with van der Waals surface area (Å²) < 4.78 is 5.51. The molecular formula is C19H25N5O2. The van der Waals surface area contributed by atoms with Crippen molar-refractivity contribution in [3.05, 3.63) is 42.7 Å². The molecule has 1 aliphatic rings. The summed E-state index contributed by atoms with van der Waals surface area (Å²) in [6.07, 6.45) is 3.55. The highest BCUT2D eigenvalue weighted by atomic mass is 16.5. The lowest BCUT2D eigenvalue weighted by Crippen LogP contribution is -2.49. The van der Waals surface area contributed by atoms with Crippen LogP contribution in [0.25, 0.3) is 0 Å². The summed E-state index contributed by atoms with van der Waals surface area (Å²) in [4.78, 5) is 25.0. The van der Waals surface area contributed by atoms with E-state index < -0.39 is 0 Å². The molecule has 0 radical (unpaired) electrons. The number of anilines is 2. The van der Waals surface area contributed by atoms with Crippen LogP contribution in [0.5, 0.6) is 5.75 Å². The van der Waals surface area contributed by atoms with Gasteiger partial charge in [0.2, 0.25) is 0 Å². The second-order valence-electron chi connectivity index (χ2n) is 6.58. The number of aromatic nitrogens is 2. The van der Waals surface area contributed by atoms with E-state index in [1.165, 1.54) is 0 Å². The van der Waals surface area contributed by atoms with Crippen LogP contribution in [0.4, 0.5) is 11.6 Å². The maximum atomic E-state index is 12.2. The summed E-state index contributed by atoms with van der Waals surface area (Å²) in [5.74, 6) is 2.36. The highest BCUT2D eigenvalue weighted by Crippen LogP contribution is 2.20. The van der Waals surface area contributed by atoms with Gasteiger partial charge in [0.15, 0.2) is 6.61 Å². The molecular weight excluding hydrogens is 330 g/mol. The molecule has 26 heavy (non-hydrogen) atoms. The first kappa shape index (κ1) is 18.0. The summed E-state index contributed by atoms with van der Waals surface area (Å²) in [7, 11) is 3.91. The van der Waals surface area contributed by atoms with Crippen LogP contribution in [0.1, 0.15) is 12.8 Å².